The average molecular weight is 297 g/mol. The highest BCUT2D eigenvalue weighted by molar-refractivity contribution is 7.13. The monoisotopic (exact) mass is 296 g/mol. The van der Waals surface area contributed by atoms with Gasteiger partial charge < -0.3 is 17.7 Å². The minimum atomic E-state index is 0. The smallest absolute Gasteiger partial charge is 0.267 e. The maximum Gasteiger partial charge on any atom is 0.267 e. The number of thiophene rings is 1. The summed E-state index contributed by atoms with van der Waals surface area (Å²) in [6.07, 6.45) is 1.95. The standard InChI is InChI=1S/C13H15N3OS.ClH/c17-13-4-3-11(12-2-1-9-18-12)15-16(13)10-5-7-14-8-6-10;/h1-4,9-10,14H,5-8H2;1H/p-1. The van der Waals surface area contributed by atoms with Crippen LogP contribution in [0.4, 0.5) is 0 Å². The fraction of sp³-hybridized carbons (Fsp3) is 0.385. The highest BCUT2D eigenvalue weighted by Gasteiger charge is 2.17. The Kier molecular flexibility index (Phi) is 4.74. The number of nitrogens with zero attached hydrogens (tertiary/aromatic N) is 2. The summed E-state index contributed by atoms with van der Waals surface area (Å²) in [6, 6.07) is 7.71. The minimum absolute atomic E-state index is 0. The van der Waals surface area contributed by atoms with Crippen molar-refractivity contribution in [3.8, 4) is 10.6 Å². The summed E-state index contributed by atoms with van der Waals surface area (Å²) in [5, 5.41) is 9.86. The number of hydrogen-bond acceptors (Lipinski definition) is 4. The summed E-state index contributed by atoms with van der Waals surface area (Å²) >= 11 is 1.65. The van der Waals surface area contributed by atoms with Crippen molar-refractivity contribution in [3.63, 3.8) is 0 Å². The van der Waals surface area contributed by atoms with Gasteiger partial charge in [0.2, 0.25) is 0 Å². The molecule has 0 radical (unpaired) electrons. The summed E-state index contributed by atoms with van der Waals surface area (Å²) in [4.78, 5) is 13.0. The molecule has 0 unspecified atom stereocenters. The number of rotatable bonds is 2. The van der Waals surface area contributed by atoms with Gasteiger partial charge in [0, 0.05) is 6.07 Å². The van der Waals surface area contributed by atoms with E-state index in [4.69, 9.17) is 0 Å². The van der Waals surface area contributed by atoms with Crippen molar-refractivity contribution < 1.29 is 12.4 Å². The second-order valence-corrected chi connectivity index (χ2v) is 5.41. The van der Waals surface area contributed by atoms with Crippen molar-refractivity contribution in [1.82, 2.24) is 15.1 Å². The van der Waals surface area contributed by atoms with Crippen molar-refractivity contribution in [2.24, 2.45) is 0 Å². The molecule has 1 aliphatic rings. The number of nitrogens with one attached hydrogen (secondary N) is 1. The molecule has 2 aromatic rings. The van der Waals surface area contributed by atoms with Gasteiger partial charge in [-0.25, -0.2) is 4.68 Å². The van der Waals surface area contributed by atoms with Gasteiger partial charge in [0.15, 0.2) is 0 Å². The summed E-state index contributed by atoms with van der Waals surface area (Å²) in [5.74, 6) is 0. The van der Waals surface area contributed by atoms with Gasteiger partial charge in [-0.1, -0.05) is 6.07 Å². The molecule has 102 valence electrons. The van der Waals surface area contributed by atoms with Crippen molar-refractivity contribution in [2.75, 3.05) is 13.1 Å². The Morgan fingerprint density at radius 1 is 1.26 bits per heavy atom. The first-order chi connectivity index (χ1) is 8.84. The first-order valence-corrected chi connectivity index (χ1v) is 7.07. The van der Waals surface area contributed by atoms with Crippen LogP contribution >= 0.6 is 11.3 Å². The first-order valence-electron chi connectivity index (χ1n) is 6.19. The molecule has 0 aromatic carbocycles. The normalized spacial score (nSPS) is 16.0. The fourth-order valence-corrected chi connectivity index (χ4v) is 2.98. The summed E-state index contributed by atoms with van der Waals surface area (Å²) in [5.41, 5.74) is 0.894. The molecule has 19 heavy (non-hydrogen) atoms. The predicted molar refractivity (Wildman–Crippen MR) is 73.0 cm³/mol. The van der Waals surface area contributed by atoms with Gasteiger partial charge in [0.1, 0.15) is 5.69 Å². The molecule has 4 nitrogen and oxygen atoms in total. The number of piperidine rings is 1. The molecule has 0 bridgehead atoms. The van der Waals surface area contributed by atoms with E-state index in [2.05, 4.69) is 10.4 Å². The maximum absolute atomic E-state index is 11.9. The van der Waals surface area contributed by atoms with Gasteiger partial charge in [0.25, 0.3) is 5.56 Å². The second kappa shape index (κ2) is 6.32. The van der Waals surface area contributed by atoms with Crippen LogP contribution in [0.2, 0.25) is 0 Å². The molecule has 0 saturated carbocycles. The average Bonchev–Trinajstić information content (AvgIpc) is 2.94. The largest absolute Gasteiger partial charge is 1.00 e. The zero-order valence-corrected chi connectivity index (χ0v) is 12.0. The van der Waals surface area contributed by atoms with E-state index >= 15 is 0 Å². The van der Waals surface area contributed by atoms with Crippen LogP contribution in [0.25, 0.3) is 10.6 Å². The number of halogens is 1. The van der Waals surface area contributed by atoms with E-state index in [0.29, 0.717) is 0 Å². The quantitative estimate of drug-likeness (QED) is 0.765. The molecule has 1 aliphatic heterocycles. The van der Waals surface area contributed by atoms with E-state index in [1.54, 1.807) is 22.1 Å². The van der Waals surface area contributed by atoms with Gasteiger partial charge in [-0.3, -0.25) is 4.79 Å². The molecular formula is C13H15ClN3OS-. The Morgan fingerprint density at radius 3 is 2.74 bits per heavy atom. The Bertz CT molecular complexity index is 576. The molecule has 0 spiro atoms. The summed E-state index contributed by atoms with van der Waals surface area (Å²) in [7, 11) is 0. The first kappa shape index (κ1) is 14.2. The highest BCUT2D eigenvalue weighted by Crippen LogP contribution is 2.22. The van der Waals surface area contributed by atoms with Crippen LogP contribution in [0.1, 0.15) is 18.9 Å². The minimum Gasteiger partial charge on any atom is -1.00 e. The topological polar surface area (TPSA) is 46.9 Å². The van der Waals surface area contributed by atoms with Gasteiger partial charge in [-0.05, 0) is 43.4 Å². The second-order valence-electron chi connectivity index (χ2n) is 4.46. The molecule has 3 heterocycles. The fourth-order valence-electron chi connectivity index (χ4n) is 2.29. The molecule has 2 aromatic heterocycles. The van der Waals surface area contributed by atoms with Crippen LogP contribution in [-0.2, 0) is 0 Å². The zero-order chi connectivity index (χ0) is 12.4. The predicted octanol–water partition coefficient (Wildman–Crippen LogP) is -1.10. The van der Waals surface area contributed by atoms with E-state index in [1.807, 2.05) is 23.6 Å². The third kappa shape index (κ3) is 3.05. The molecule has 1 fully saturated rings. The lowest BCUT2D eigenvalue weighted by atomic mass is 10.1. The van der Waals surface area contributed by atoms with Crippen LogP contribution in [-0.4, -0.2) is 22.9 Å². The lowest BCUT2D eigenvalue weighted by Crippen LogP contribution is -3.00. The van der Waals surface area contributed by atoms with E-state index in [-0.39, 0.29) is 24.0 Å². The Hall–Kier alpha value is -1.17. The van der Waals surface area contributed by atoms with E-state index in [9.17, 15) is 4.79 Å². The Labute approximate surface area is 121 Å². The van der Waals surface area contributed by atoms with Gasteiger partial charge in [-0.2, -0.15) is 5.10 Å². The van der Waals surface area contributed by atoms with Gasteiger partial charge in [-0.15, -0.1) is 11.3 Å². The van der Waals surface area contributed by atoms with E-state index in [1.165, 1.54) is 0 Å². The molecule has 0 aliphatic carbocycles. The molecule has 0 amide bonds. The van der Waals surface area contributed by atoms with Crippen LogP contribution in [0.15, 0.2) is 34.4 Å². The SMILES string of the molecule is O=c1ccc(-c2cccs2)nn1C1CCNCC1.[Cl-]. The van der Waals surface area contributed by atoms with Crippen molar-refractivity contribution in [2.45, 2.75) is 18.9 Å². The number of hydrogen-bond donors (Lipinski definition) is 1. The van der Waals surface area contributed by atoms with E-state index in [0.717, 1.165) is 36.5 Å². The molecular weight excluding hydrogens is 282 g/mol. The molecule has 1 N–H and O–H groups in total. The summed E-state index contributed by atoms with van der Waals surface area (Å²) in [6.45, 7) is 1.92. The third-order valence-corrected chi connectivity index (χ3v) is 4.15. The van der Waals surface area contributed by atoms with Crippen LogP contribution in [0.3, 0.4) is 0 Å². The number of aromatic nitrogens is 2. The van der Waals surface area contributed by atoms with E-state index < -0.39 is 0 Å². The van der Waals surface area contributed by atoms with Gasteiger partial charge in [0.05, 0.1) is 10.9 Å². The zero-order valence-electron chi connectivity index (χ0n) is 10.4. The Morgan fingerprint density at radius 2 is 2.05 bits per heavy atom. The van der Waals surface area contributed by atoms with Crippen LogP contribution < -0.4 is 23.3 Å². The van der Waals surface area contributed by atoms with Crippen LogP contribution in [0.5, 0.6) is 0 Å². The molecule has 3 rings (SSSR count). The molecule has 1 saturated heterocycles. The summed E-state index contributed by atoms with van der Waals surface area (Å²) < 4.78 is 1.66. The van der Waals surface area contributed by atoms with Crippen molar-refractivity contribution >= 4 is 11.3 Å². The van der Waals surface area contributed by atoms with Gasteiger partial charge >= 0.3 is 0 Å². The van der Waals surface area contributed by atoms with Crippen molar-refractivity contribution in [3.05, 3.63) is 40.0 Å². The third-order valence-electron chi connectivity index (χ3n) is 3.25. The lowest BCUT2D eigenvalue weighted by Gasteiger charge is -2.23. The van der Waals surface area contributed by atoms with Crippen molar-refractivity contribution in [1.29, 1.82) is 0 Å². The molecule has 6 heteroatoms. The Balaban J connectivity index is 0.00000133. The van der Waals surface area contributed by atoms with Crippen LogP contribution in [0, 0.1) is 0 Å². The maximum atomic E-state index is 11.9. The highest BCUT2D eigenvalue weighted by atomic mass is 35.5. The molecule has 0 atom stereocenters. The lowest BCUT2D eigenvalue weighted by molar-refractivity contribution is -0.00000373.